The third-order valence-electron chi connectivity index (χ3n) is 3.64. The summed E-state index contributed by atoms with van der Waals surface area (Å²) in [5, 5.41) is 0. The van der Waals surface area contributed by atoms with E-state index in [2.05, 4.69) is 29.2 Å². The van der Waals surface area contributed by atoms with E-state index in [4.69, 9.17) is 0 Å². The van der Waals surface area contributed by atoms with Gasteiger partial charge in [0.15, 0.2) is 0 Å². The lowest BCUT2D eigenvalue weighted by molar-refractivity contribution is 0.0751. The van der Waals surface area contributed by atoms with E-state index in [0.717, 1.165) is 25.8 Å². The molecule has 0 radical (unpaired) electrons. The lowest BCUT2D eigenvalue weighted by atomic mass is 9.98. The van der Waals surface area contributed by atoms with Crippen molar-refractivity contribution in [2.24, 2.45) is 0 Å². The summed E-state index contributed by atoms with van der Waals surface area (Å²) in [5.74, 6) is 0.0185. The van der Waals surface area contributed by atoms with Gasteiger partial charge in [-0.15, -0.1) is 0 Å². The molecule has 0 aliphatic rings. The molecule has 3 heteroatoms. The average molecular weight is 405 g/mol. The first-order valence-electron chi connectivity index (χ1n) is 7.15. The number of benzene rings is 2. The summed E-state index contributed by atoms with van der Waals surface area (Å²) in [6.07, 6.45) is 0. The van der Waals surface area contributed by atoms with Crippen LogP contribution in [0, 0.1) is 10.5 Å². The number of likely N-dealkylation sites (N-methyl/N-ethyl adjacent to an activating group) is 1. The summed E-state index contributed by atoms with van der Waals surface area (Å²) in [5.41, 5.74) is 3.85. The highest BCUT2D eigenvalue weighted by molar-refractivity contribution is 14.1. The van der Waals surface area contributed by atoms with E-state index in [0.29, 0.717) is 0 Å². The molecule has 0 N–H and O–H groups in total. The molecule has 0 saturated carbocycles. The molecule has 2 aromatic carbocycles. The van der Waals surface area contributed by atoms with E-state index in [1.54, 1.807) is 4.90 Å². The second-order valence-corrected chi connectivity index (χ2v) is 6.72. The maximum atomic E-state index is 12.9. The van der Waals surface area contributed by atoms with Crippen LogP contribution in [0.3, 0.4) is 0 Å². The molecule has 0 fully saturated rings. The zero-order valence-corrected chi connectivity index (χ0v) is 15.3. The summed E-state index contributed by atoms with van der Waals surface area (Å²) in [4.78, 5) is 14.7. The summed E-state index contributed by atoms with van der Waals surface area (Å²) < 4.78 is 0.966. The zero-order chi connectivity index (χ0) is 16.3. The average Bonchev–Trinajstić information content (AvgIpc) is 2.50. The van der Waals surface area contributed by atoms with Crippen LogP contribution in [-0.2, 0) is 0 Å². The lowest BCUT2D eigenvalue weighted by Gasteiger charge is -2.29. The van der Waals surface area contributed by atoms with Gasteiger partial charge in [0.1, 0.15) is 0 Å². The Hall–Kier alpha value is -1.62. The minimum absolute atomic E-state index is 0.0185. The van der Waals surface area contributed by atoms with Crippen molar-refractivity contribution in [3.05, 3.63) is 80.9 Å². The van der Waals surface area contributed by atoms with Crippen LogP contribution in [0.5, 0.6) is 0 Å². The number of nitrogens with zero attached hydrogens (tertiary/aromatic N) is 1. The van der Waals surface area contributed by atoms with Gasteiger partial charge in [-0.25, -0.2) is 0 Å². The van der Waals surface area contributed by atoms with Crippen molar-refractivity contribution in [2.45, 2.75) is 19.9 Å². The van der Waals surface area contributed by atoms with Gasteiger partial charge in [-0.2, -0.15) is 0 Å². The molecule has 2 aromatic rings. The Morgan fingerprint density at radius 2 is 1.82 bits per heavy atom. The van der Waals surface area contributed by atoms with Crippen LogP contribution in [0.25, 0.3) is 0 Å². The molecular formula is C19H20INO. The Bertz CT molecular complexity index is 694. The molecule has 0 saturated heterocycles. The van der Waals surface area contributed by atoms with Crippen LogP contribution in [-0.4, -0.2) is 17.9 Å². The minimum atomic E-state index is -0.120. The van der Waals surface area contributed by atoms with Crippen LogP contribution in [0.1, 0.15) is 34.5 Å². The molecular weight excluding hydrogens is 385 g/mol. The van der Waals surface area contributed by atoms with Gasteiger partial charge in [0.2, 0.25) is 0 Å². The predicted molar refractivity (Wildman–Crippen MR) is 100.0 cm³/mol. The van der Waals surface area contributed by atoms with Gasteiger partial charge in [-0.1, -0.05) is 54.1 Å². The third kappa shape index (κ3) is 3.58. The van der Waals surface area contributed by atoms with Gasteiger partial charge in [-0.3, -0.25) is 4.79 Å². The number of hydrogen-bond acceptors (Lipinski definition) is 1. The monoisotopic (exact) mass is 405 g/mol. The molecule has 0 unspecified atom stereocenters. The van der Waals surface area contributed by atoms with E-state index < -0.39 is 0 Å². The molecule has 114 valence electrons. The Morgan fingerprint density at radius 3 is 2.41 bits per heavy atom. The third-order valence-corrected chi connectivity index (χ3v) is 4.58. The minimum Gasteiger partial charge on any atom is -0.331 e. The Balaban J connectivity index is 2.39. The first kappa shape index (κ1) is 16.7. The number of rotatable bonds is 4. The highest BCUT2D eigenvalue weighted by Gasteiger charge is 2.24. The largest absolute Gasteiger partial charge is 0.331 e. The fourth-order valence-corrected chi connectivity index (χ4v) is 3.15. The molecule has 0 aliphatic heterocycles. The molecule has 0 aromatic heterocycles. The van der Waals surface area contributed by atoms with Crippen molar-refractivity contribution in [3.8, 4) is 0 Å². The van der Waals surface area contributed by atoms with Gasteiger partial charge in [-0.05, 0) is 54.1 Å². The maximum absolute atomic E-state index is 12.9. The topological polar surface area (TPSA) is 20.3 Å². The van der Waals surface area contributed by atoms with Crippen molar-refractivity contribution < 1.29 is 4.79 Å². The summed E-state index contributed by atoms with van der Waals surface area (Å²) in [6, 6.07) is 15.8. The van der Waals surface area contributed by atoms with E-state index in [9.17, 15) is 4.79 Å². The van der Waals surface area contributed by atoms with Crippen LogP contribution in [0.4, 0.5) is 0 Å². The Morgan fingerprint density at radius 1 is 1.18 bits per heavy atom. The van der Waals surface area contributed by atoms with Crippen molar-refractivity contribution in [1.82, 2.24) is 4.90 Å². The molecule has 22 heavy (non-hydrogen) atoms. The molecule has 1 amide bonds. The van der Waals surface area contributed by atoms with Crippen LogP contribution >= 0.6 is 22.6 Å². The standard InChI is InChI=1S/C19H20INO/c1-13(2)18(15-8-6-5-7-9-15)21(4)19(22)16-12-14(3)10-11-17(16)20/h5-12,18H,1H2,2-4H3/t18-/m0/s1. The first-order chi connectivity index (χ1) is 10.4. The van der Waals surface area contributed by atoms with Crippen molar-refractivity contribution in [3.63, 3.8) is 0 Å². The second-order valence-electron chi connectivity index (χ2n) is 5.56. The molecule has 2 nitrogen and oxygen atoms in total. The maximum Gasteiger partial charge on any atom is 0.255 e. The number of carbonyl (C=O) groups excluding carboxylic acids is 1. The fraction of sp³-hybridized carbons (Fsp3) is 0.211. The van der Waals surface area contributed by atoms with Crippen molar-refractivity contribution >= 4 is 28.5 Å². The summed E-state index contributed by atoms with van der Waals surface area (Å²) in [7, 11) is 1.84. The number of carbonyl (C=O) groups is 1. The first-order valence-corrected chi connectivity index (χ1v) is 8.23. The zero-order valence-electron chi connectivity index (χ0n) is 13.1. The van der Waals surface area contributed by atoms with Gasteiger partial charge < -0.3 is 4.90 Å². The molecule has 2 rings (SSSR count). The van der Waals surface area contributed by atoms with E-state index in [1.807, 2.05) is 69.4 Å². The number of aryl methyl sites for hydroxylation is 1. The smallest absolute Gasteiger partial charge is 0.255 e. The van der Waals surface area contributed by atoms with Gasteiger partial charge in [0.05, 0.1) is 11.6 Å². The van der Waals surface area contributed by atoms with Crippen LogP contribution in [0.15, 0.2) is 60.7 Å². The van der Waals surface area contributed by atoms with Gasteiger partial charge in [0, 0.05) is 10.6 Å². The molecule has 0 bridgehead atoms. The number of amides is 1. The van der Waals surface area contributed by atoms with Crippen molar-refractivity contribution in [2.75, 3.05) is 7.05 Å². The fourth-order valence-electron chi connectivity index (χ4n) is 2.58. The second kappa shape index (κ2) is 7.09. The normalized spacial score (nSPS) is 11.8. The van der Waals surface area contributed by atoms with E-state index in [1.165, 1.54) is 0 Å². The highest BCUT2D eigenvalue weighted by atomic mass is 127. The summed E-state index contributed by atoms with van der Waals surface area (Å²) >= 11 is 2.21. The predicted octanol–water partition coefficient (Wildman–Crippen LogP) is 4.99. The van der Waals surface area contributed by atoms with Crippen LogP contribution in [0.2, 0.25) is 0 Å². The Labute approximate surface area is 146 Å². The van der Waals surface area contributed by atoms with E-state index >= 15 is 0 Å². The SMILES string of the molecule is C=C(C)[C@@H](c1ccccc1)N(C)C(=O)c1cc(C)ccc1I. The van der Waals surface area contributed by atoms with Gasteiger partial charge >= 0.3 is 0 Å². The lowest BCUT2D eigenvalue weighted by Crippen LogP contribution is -2.32. The van der Waals surface area contributed by atoms with E-state index in [-0.39, 0.29) is 11.9 Å². The Kier molecular flexibility index (Phi) is 5.40. The number of halogens is 1. The highest BCUT2D eigenvalue weighted by Crippen LogP contribution is 2.28. The summed E-state index contributed by atoms with van der Waals surface area (Å²) in [6.45, 7) is 8.03. The quantitative estimate of drug-likeness (QED) is 0.519. The number of hydrogen-bond donors (Lipinski definition) is 0. The van der Waals surface area contributed by atoms with Crippen molar-refractivity contribution in [1.29, 1.82) is 0 Å². The molecule has 1 atom stereocenters. The molecule has 0 spiro atoms. The van der Waals surface area contributed by atoms with Crippen LogP contribution < -0.4 is 0 Å². The molecule has 0 aliphatic carbocycles. The van der Waals surface area contributed by atoms with Gasteiger partial charge in [0.25, 0.3) is 5.91 Å². The molecule has 0 heterocycles.